The van der Waals surface area contributed by atoms with Gasteiger partial charge in [0.2, 0.25) is 0 Å². The fraction of sp³-hybridized carbons (Fsp3) is 0.643. The Labute approximate surface area is 199 Å². The van der Waals surface area contributed by atoms with E-state index in [1.54, 1.807) is 24.3 Å². The highest BCUT2D eigenvalue weighted by molar-refractivity contribution is 5.55. The van der Waals surface area contributed by atoms with Crippen LogP contribution in [0.25, 0.3) is 11.4 Å². The number of aromatic nitrogens is 2. The van der Waals surface area contributed by atoms with Crippen LogP contribution in [0.15, 0.2) is 36.7 Å². The predicted molar refractivity (Wildman–Crippen MR) is 133 cm³/mol. The largest absolute Gasteiger partial charge is 0.433 e. The van der Waals surface area contributed by atoms with E-state index in [4.69, 9.17) is 4.74 Å². The molecule has 0 saturated heterocycles. The summed E-state index contributed by atoms with van der Waals surface area (Å²) in [6, 6.07) is 6.62. The lowest BCUT2D eigenvalue weighted by atomic mass is 10.1. The molecule has 0 unspecified atom stereocenters. The van der Waals surface area contributed by atoms with E-state index in [1.165, 1.54) is 51.4 Å². The molecule has 33 heavy (non-hydrogen) atoms. The van der Waals surface area contributed by atoms with Gasteiger partial charge in [-0.1, -0.05) is 84.5 Å². The number of benzene rings is 1. The number of rotatable bonds is 18. The van der Waals surface area contributed by atoms with E-state index in [0.717, 1.165) is 43.2 Å². The summed E-state index contributed by atoms with van der Waals surface area (Å²) in [7, 11) is 0. The van der Waals surface area contributed by atoms with E-state index >= 15 is 0 Å². The minimum absolute atomic E-state index is 0.173. The summed E-state index contributed by atoms with van der Waals surface area (Å²) in [5.74, 6) is 0.773. The van der Waals surface area contributed by atoms with Crippen LogP contribution in [0.2, 0.25) is 0 Å². The lowest BCUT2D eigenvalue weighted by Crippen LogP contribution is -2.24. The van der Waals surface area contributed by atoms with Crippen molar-refractivity contribution in [2.45, 2.75) is 116 Å². The van der Waals surface area contributed by atoms with Gasteiger partial charge in [-0.05, 0) is 49.1 Å². The second kappa shape index (κ2) is 15.7. The van der Waals surface area contributed by atoms with Crippen LogP contribution in [0, 0.1) is 0 Å². The van der Waals surface area contributed by atoms with Crippen LogP contribution in [0.3, 0.4) is 0 Å². The average Bonchev–Trinajstić information content (AvgIpc) is 2.81. The van der Waals surface area contributed by atoms with Gasteiger partial charge in [0, 0.05) is 18.0 Å². The van der Waals surface area contributed by atoms with Gasteiger partial charge >= 0.3 is 6.11 Å². The Morgan fingerprint density at radius 1 is 0.697 bits per heavy atom. The zero-order valence-electron chi connectivity index (χ0n) is 20.6. The second-order valence-electron chi connectivity index (χ2n) is 9.07. The van der Waals surface area contributed by atoms with Gasteiger partial charge in [0.25, 0.3) is 0 Å². The quantitative estimate of drug-likeness (QED) is 0.208. The highest BCUT2D eigenvalue weighted by atomic mass is 19.3. The molecule has 0 fully saturated rings. The smallest absolute Gasteiger partial charge is 0.397 e. The zero-order chi connectivity index (χ0) is 23.8. The van der Waals surface area contributed by atoms with Crippen molar-refractivity contribution in [1.82, 2.24) is 9.97 Å². The molecule has 2 aromatic rings. The van der Waals surface area contributed by atoms with Crippen molar-refractivity contribution < 1.29 is 13.5 Å². The Morgan fingerprint density at radius 2 is 1.21 bits per heavy atom. The molecule has 2 rings (SSSR count). The molecule has 5 heteroatoms. The monoisotopic (exact) mass is 460 g/mol. The van der Waals surface area contributed by atoms with Crippen molar-refractivity contribution in [1.29, 1.82) is 0 Å². The SMILES string of the molecule is CCCCCCCCCC(F)(F)Oc1ccc(-c2ncc(CCCCCCCC)cn2)cc1. The van der Waals surface area contributed by atoms with Gasteiger partial charge in [-0.2, -0.15) is 8.78 Å². The molecular weight excluding hydrogens is 418 g/mol. The van der Waals surface area contributed by atoms with Gasteiger partial charge < -0.3 is 4.74 Å². The Kier molecular flexibility index (Phi) is 13.0. The lowest BCUT2D eigenvalue weighted by molar-refractivity contribution is -0.181. The minimum Gasteiger partial charge on any atom is -0.433 e. The third-order valence-electron chi connectivity index (χ3n) is 5.98. The van der Waals surface area contributed by atoms with E-state index in [0.29, 0.717) is 12.2 Å². The van der Waals surface area contributed by atoms with Crippen LogP contribution < -0.4 is 4.74 Å². The molecule has 0 bridgehead atoms. The molecular formula is C28H42F2N2O. The van der Waals surface area contributed by atoms with Gasteiger partial charge in [0.05, 0.1) is 6.42 Å². The molecule has 0 aliphatic rings. The van der Waals surface area contributed by atoms with Gasteiger partial charge in [0.15, 0.2) is 5.82 Å². The van der Waals surface area contributed by atoms with Crippen molar-refractivity contribution in [3.63, 3.8) is 0 Å². The Bertz CT molecular complexity index is 747. The number of ether oxygens (including phenoxy) is 1. The van der Waals surface area contributed by atoms with Gasteiger partial charge in [-0.3, -0.25) is 0 Å². The summed E-state index contributed by atoms with van der Waals surface area (Å²) in [6.07, 6.45) is 16.0. The normalized spacial score (nSPS) is 11.6. The molecule has 0 radical (unpaired) electrons. The molecule has 0 spiro atoms. The van der Waals surface area contributed by atoms with E-state index in [9.17, 15) is 8.78 Å². The number of alkyl halides is 2. The van der Waals surface area contributed by atoms with Crippen LogP contribution in [-0.2, 0) is 6.42 Å². The first-order valence-corrected chi connectivity index (χ1v) is 13.0. The van der Waals surface area contributed by atoms with Crippen molar-refractivity contribution in [2.24, 2.45) is 0 Å². The second-order valence-corrected chi connectivity index (χ2v) is 9.07. The number of halogens is 2. The number of nitrogens with zero attached hydrogens (tertiary/aromatic N) is 2. The number of hydrogen-bond donors (Lipinski definition) is 0. The highest BCUT2D eigenvalue weighted by Crippen LogP contribution is 2.28. The molecule has 0 saturated carbocycles. The summed E-state index contributed by atoms with van der Waals surface area (Å²) in [6.45, 7) is 4.40. The van der Waals surface area contributed by atoms with Crippen LogP contribution >= 0.6 is 0 Å². The van der Waals surface area contributed by atoms with Crippen LogP contribution in [0.4, 0.5) is 8.78 Å². The van der Waals surface area contributed by atoms with Crippen LogP contribution in [-0.4, -0.2) is 16.1 Å². The summed E-state index contributed by atoms with van der Waals surface area (Å²) in [4.78, 5) is 8.92. The maximum Gasteiger partial charge on any atom is 0.397 e. The third kappa shape index (κ3) is 11.6. The third-order valence-corrected chi connectivity index (χ3v) is 5.98. The van der Waals surface area contributed by atoms with Crippen molar-refractivity contribution >= 4 is 0 Å². The fourth-order valence-corrected chi connectivity index (χ4v) is 3.93. The molecule has 1 aromatic heterocycles. The Hall–Kier alpha value is -2.04. The molecule has 0 aliphatic heterocycles. The fourth-order valence-electron chi connectivity index (χ4n) is 3.93. The first-order chi connectivity index (χ1) is 16.0. The van der Waals surface area contributed by atoms with E-state index in [1.807, 2.05) is 12.4 Å². The molecule has 0 amide bonds. The zero-order valence-corrected chi connectivity index (χ0v) is 20.6. The van der Waals surface area contributed by atoms with Crippen LogP contribution in [0.1, 0.15) is 109 Å². The van der Waals surface area contributed by atoms with Crippen molar-refractivity contribution in [2.75, 3.05) is 0 Å². The van der Waals surface area contributed by atoms with Crippen LogP contribution in [0.5, 0.6) is 5.75 Å². The van der Waals surface area contributed by atoms with E-state index in [2.05, 4.69) is 23.8 Å². The van der Waals surface area contributed by atoms with Crippen molar-refractivity contribution in [3.05, 3.63) is 42.2 Å². The topological polar surface area (TPSA) is 35.0 Å². The number of hydrogen-bond acceptors (Lipinski definition) is 3. The van der Waals surface area contributed by atoms with E-state index < -0.39 is 6.11 Å². The summed E-state index contributed by atoms with van der Waals surface area (Å²) < 4.78 is 33.3. The molecule has 0 aliphatic carbocycles. The molecule has 1 heterocycles. The predicted octanol–water partition coefficient (Wildman–Crippen LogP) is 9.16. The van der Waals surface area contributed by atoms with E-state index in [-0.39, 0.29) is 12.2 Å². The Morgan fingerprint density at radius 3 is 1.79 bits per heavy atom. The van der Waals surface area contributed by atoms with Gasteiger partial charge in [0.1, 0.15) is 5.75 Å². The maximum atomic E-state index is 14.1. The standard InChI is InChI=1S/C28H42F2N2O/c1-3-5-7-9-11-13-15-21-28(29,30)33-26-19-17-25(18-20-26)27-31-22-24(23-32-27)16-14-12-10-8-6-4-2/h17-20,22-23H,3-16,21H2,1-2H3. The average molecular weight is 461 g/mol. The Balaban J connectivity index is 1.73. The van der Waals surface area contributed by atoms with Crippen molar-refractivity contribution in [3.8, 4) is 17.1 Å². The number of aryl methyl sites for hydroxylation is 1. The minimum atomic E-state index is -3.14. The van der Waals surface area contributed by atoms with Gasteiger partial charge in [-0.15, -0.1) is 0 Å². The molecule has 1 aromatic carbocycles. The molecule has 0 N–H and O–H groups in total. The summed E-state index contributed by atoms with van der Waals surface area (Å²) in [5.41, 5.74) is 1.93. The highest BCUT2D eigenvalue weighted by Gasteiger charge is 2.30. The first kappa shape index (κ1) is 27.2. The molecule has 3 nitrogen and oxygen atoms in total. The van der Waals surface area contributed by atoms with Gasteiger partial charge in [-0.25, -0.2) is 9.97 Å². The molecule has 0 atom stereocenters. The lowest BCUT2D eigenvalue weighted by Gasteiger charge is -2.18. The maximum absolute atomic E-state index is 14.1. The summed E-state index contributed by atoms with van der Waals surface area (Å²) >= 11 is 0. The first-order valence-electron chi connectivity index (χ1n) is 13.0. The number of unbranched alkanes of at least 4 members (excludes halogenated alkanes) is 11. The summed E-state index contributed by atoms with van der Waals surface area (Å²) in [5, 5.41) is 0. The molecule has 184 valence electrons.